The Hall–Kier alpha value is -1.55. The van der Waals surface area contributed by atoms with Crippen LogP contribution in [-0.4, -0.2) is 31.6 Å². The van der Waals surface area contributed by atoms with Crippen molar-refractivity contribution in [3.05, 3.63) is 30.3 Å². The third-order valence-electron chi connectivity index (χ3n) is 3.04. The molecule has 18 heavy (non-hydrogen) atoms. The van der Waals surface area contributed by atoms with Gasteiger partial charge in [-0.05, 0) is 31.5 Å². The second-order valence-corrected chi connectivity index (χ2v) is 4.46. The van der Waals surface area contributed by atoms with Gasteiger partial charge in [0.05, 0.1) is 12.6 Å². The lowest BCUT2D eigenvalue weighted by molar-refractivity contribution is -0.123. The standard InChI is InChI=1S/C14H20N2O2/c17-14(13-8-4-5-9-15-13)16-10-11-18-12-6-2-1-3-7-12/h1-3,6-7,13,15H,4-5,8-11H2,(H,16,17). The van der Waals surface area contributed by atoms with Crippen LogP contribution in [0, 0.1) is 0 Å². The molecule has 1 fully saturated rings. The second-order valence-electron chi connectivity index (χ2n) is 4.46. The summed E-state index contributed by atoms with van der Waals surface area (Å²) < 4.78 is 5.51. The van der Waals surface area contributed by atoms with Crippen LogP contribution in [0.3, 0.4) is 0 Å². The van der Waals surface area contributed by atoms with Gasteiger partial charge in [-0.3, -0.25) is 4.79 Å². The van der Waals surface area contributed by atoms with Gasteiger partial charge >= 0.3 is 0 Å². The molecular weight excluding hydrogens is 228 g/mol. The highest BCUT2D eigenvalue weighted by molar-refractivity contribution is 5.81. The molecule has 1 aromatic carbocycles. The van der Waals surface area contributed by atoms with Crippen LogP contribution in [0.4, 0.5) is 0 Å². The van der Waals surface area contributed by atoms with Crippen LogP contribution in [0.2, 0.25) is 0 Å². The van der Waals surface area contributed by atoms with Crippen molar-refractivity contribution < 1.29 is 9.53 Å². The first-order chi connectivity index (χ1) is 8.86. The lowest BCUT2D eigenvalue weighted by atomic mass is 10.0. The number of hydrogen-bond donors (Lipinski definition) is 2. The summed E-state index contributed by atoms with van der Waals surface area (Å²) in [5.41, 5.74) is 0. The molecular formula is C14H20N2O2. The van der Waals surface area contributed by atoms with Crippen molar-refractivity contribution >= 4 is 5.91 Å². The van der Waals surface area contributed by atoms with Gasteiger partial charge in [-0.15, -0.1) is 0 Å². The molecule has 4 heteroatoms. The summed E-state index contributed by atoms with van der Waals surface area (Å²) in [6, 6.07) is 9.61. The van der Waals surface area contributed by atoms with E-state index in [4.69, 9.17) is 4.74 Å². The topological polar surface area (TPSA) is 50.4 Å². The number of ether oxygens (including phenoxy) is 1. The number of hydrogen-bond acceptors (Lipinski definition) is 3. The summed E-state index contributed by atoms with van der Waals surface area (Å²) in [4.78, 5) is 11.8. The normalized spacial score (nSPS) is 19.2. The summed E-state index contributed by atoms with van der Waals surface area (Å²) >= 11 is 0. The number of benzene rings is 1. The Morgan fingerprint density at radius 3 is 2.89 bits per heavy atom. The SMILES string of the molecule is O=C(NCCOc1ccccc1)C1CCCCN1. The minimum absolute atomic E-state index is 0.0181. The number of para-hydroxylation sites is 1. The predicted molar refractivity (Wildman–Crippen MR) is 70.6 cm³/mol. The highest BCUT2D eigenvalue weighted by atomic mass is 16.5. The van der Waals surface area contributed by atoms with Crippen LogP contribution in [0.1, 0.15) is 19.3 Å². The van der Waals surface area contributed by atoms with E-state index in [0.717, 1.165) is 25.1 Å². The Kier molecular flexibility index (Phi) is 5.02. The van der Waals surface area contributed by atoms with E-state index in [9.17, 15) is 4.79 Å². The molecule has 98 valence electrons. The van der Waals surface area contributed by atoms with E-state index >= 15 is 0 Å². The van der Waals surface area contributed by atoms with Gasteiger partial charge in [-0.1, -0.05) is 24.6 Å². The molecule has 1 unspecified atom stereocenters. The molecule has 0 aromatic heterocycles. The fourth-order valence-electron chi connectivity index (χ4n) is 2.06. The molecule has 1 amide bonds. The smallest absolute Gasteiger partial charge is 0.237 e. The average Bonchev–Trinajstić information content (AvgIpc) is 2.45. The number of rotatable bonds is 5. The second kappa shape index (κ2) is 7.01. The van der Waals surface area contributed by atoms with Gasteiger partial charge in [-0.2, -0.15) is 0 Å². The van der Waals surface area contributed by atoms with Gasteiger partial charge < -0.3 is 15.4 Å². The fourth-order valence-corrected chi connectivity index (χ4v) is 2.06. The zero-order chi connectivity index (χ0) is 12.6. The van der Waals surface area contributed by atoms with Crippen molar-refractivity contribution in [3.63, 3.8) is 0 Å². The van der Waals surface area contributed by atoms with Crippen LogP contribution in [0.25, 0.3) is 0 Å². The maximum Gasteiger partial charge on any atom is 0.237 e. The first-order valence-corrected chi connectivity index (χ1v) is 6.55. The number of piperidine rings is 1. The predicted octanol–water partition coefficient (Wildman–Crippen LogP) is 1.32. The Balaban J connectivity index is 1.61. The van der Waals surface area contributed by atoms with Gasteiger partial charge in [0, 0.05) is 0 Å². The van der Waals surface area contributed by atoms with Gasteiger partial charge in [0.15, 0.2) is 0 Å². The molecule has 0 radical (unpaired) electrons. The lowest BCUT2D eigenvalue weighted by Gasteiger charge is -2.22. The highest BCUT2D eigenvalue weighted by Crippen LogP contribution is 2.08. The molecule has 2 N–H and O–H groups in total. The number of carbonyl (C=O) groups excluding carboxylic acids is 1. The van der Waals surface area contributed by atoms with E-state index in [1.807, 2.05) is 30.3 Å². The summed E-state index contributed by atoms with van der Waals surface area (Å²) in [5.74, 6) is 0.925. The summed E-state index contributed by atoms with van der Waals surface area (Å²) in [7, 11) is 0. The van der Waals surface area contributed by atoms with Gasteiger partial charge in [0.25, 0.3) is 0 Å². The maximum absolute atomic E-state index is 11.8. The molecule has 0 spiro atoms. The monoisotopic (exact) mass is 248 g/mol. The largest absolute Gasteiger partial charge is 0.492 e. The quantitative estimate of drug-likeness (QED) is 0.773. The van der Waals surface area contributed by atoms with Gasteiger partial charge in [0.1, 0.15) is 12.4 Å². The fraction of sp³-hybridized carbons (Fsp3) is 0.500. The van der Waals surface area contributed by atoms with Crippen LogP contribution >= 0.6 is 0 Å². The van der Waals surface area contributed by atoms with Crippen molar-refractivity contribution in [1.29, 1.82) is 0 Å². The van der Waals surface area contributed by atoms with Crippen LogP contribution < -0.4 is 15.4 Å². The van der Waals surface area contributed by atoms with Crippen molar-refractivity contribution in [2.24, 2.45) is 0 Å². The molecule has 1 atom stereocenters. The van der Waals surface area contributed by atoms with E-state index in [-0.39, 0.29) is 11.9 Å². The molecule has 1 aromatic rings. The molecule has 2 rings (SSSR count). The number of carbonyl (C=O) groups is 1. The van der Waals surface area contributed by atoms with E-state index in [2.05, 4.69) is 10.6 Å². The maximum atomic E-state index is 11.8. The van der Waals surface area contributed by atoms with Crippen molar-refractivity contribution in [2.75, 3.05) is 19.7 Å². The first kappa shape index (κ1) is 12.9. The van der Waals surface area contributed by atoms with Gasteiger partial charge in [0.2, 0.25) is 5.91 Å². The van der Waals surface area contributed by atoms with Gasteiger partial charge in [-0.25, -0.2) is 0 Å². The third-order valence-corrected chi connectivity index (χ3v) is 3.04. The van der Waals surface area contributed by atoms with E-state index in [1.54, 1.807) is 0 Å². The molecule has 0 bridgehead atoms. The summed E-state index contributed by atoms with van der Waals surface area (Å²) in [6.45, 7) is 1.99. The Labute approximate surface area is 108 Å². The summed E-state index contributed by atoms with van der Waals surface area (Å²) in [5, 5.41) is 6.12. The molecule has 1 aliphatic rings. The Morgan fingerprint density at radius 1 is 1.33 bits per heavy atom. The van der Waals surface area contributed by atoms with Crippen molar-refractivity contribution in [2.45, 2.75) is 25.3 Å². The van der Waals surface area contributed by atoms with E-state index in [1.165, 1.54) is 6.42 Å². The van der Waals surface area contributed by atoms with Crippen molar-refractivity contribution in [1.82, 2.24) is 10.6 Å². The van der Waals surface area contributed by atoms with E-state index < -0.39 is 0 Å². The van der Waals surface area contributed by atoms with Crippen LogP contribution in [0.15, 0.2) is 30.3 Å². The zero-order valence-electron chi connectivity index (χ0n) is 10.5. The Bertz CT molecular complexity index is 361. The number of amides is 1. The minimum atomic E-state index is -0.0181. The first-order valence-electron chi connectivity index (χ1n) is 6.55. The van der Waals surface area contributed by atoms with Crippen LogP contribution in [-0.2, 0) is 4.79 Å². The van der Waals surface area contributed by atoms with E-state index in [0.29, 0.717) is 13.2 Å². The van der Waals surface area contributed by atoms with Crippen molar-refractivity contribution in [3.8, 4) is 5.75 Å². The average molecular weight is 248 g/mol. The molecule has 1 aliphatic heterocycles. The molecule has 1 heterocycles. The summed E-state index contributed by atoms with van der Waals surface area (Å²) in [6.07, 6.45) is 3.23. The molecule has 0 aliphatic carbocycles. The van der Waals surface area contributed by atoms with Crippen LogP contribution in [0.5, 0.6) is 5.75 Å². The lowest BCUT2D eigenvalue weighted by Crippen LogP contribution is -2.47. The Morgan fingerprint density at radius 2 is 2.17 bits per heavy atom. The number of nitrogens with one attached hydrogen (secondary N) is 2. The highest BCUT2D eigenvalue weighted by Gasteiger charge is 2.19. The molecule has 0 saturated carbocycles. The molecule has 1 saturated heterocycles. The zero-order valence-corrected chi connectivity index (χ0v) is 10.5. The minimum Gasteiger partial charge on any atom is -0.492 e. The third kappa shape index (κ3) is 4.04. The molecule has 4 nitrogen and oxygen atoms in total.